The van der Waals surface area contributed by atoms with Crippen molar-refractivity contribution in [3.63, 3.8) is 0 Å². The van der Waals surface area contributed by atoms with E-state index in [9.17, 15) is 0 Å². The Bertz CT molecular complexity index is 2440. The van der Waals surface area contributed by atoms with Gasteiger partial charge in [0.05, 0.1) is 11.0 Å². The molecule has 0 spiro atoms. The van der Waals surface area contributed by atoms with Crippen molar-refractivity contribution < 1.29 is 4.57 Å². The van der Waals surface area contributed by atoms with Gasteiger partial charge in [0.2, 0.25) is 0 Å². The number of fused-ring (bicyclic) bond motifs is 9. The molecule has 6 aromatic rings. The van der Waals surface area contributed by atoms with Crippen LogP contribution in [0.3, 0.4) is 0 Å². The summed E-state index contributed by atoms with van der Waals surface area (Å²) >= 11 is 0. The highest BCUT2D eigenvalue weighted by Gasteiger charge is 2.38. The summed E-state index contributed by atoms with van der Waals surface area (Å²) in [5.74, 6) is 0. The van der Waals surface area contributed by atoms with Crippen molar-refractivity contribution in [2.75, 3.05) is 0 Å². The lowest BCUT2D eigenvalue weighted by Crippen LogP contribution is -2.12. The predicted octanol–water partition coefficient (Wildman–Crippen LogP) is 12.3. The van der Waals surface area contributed by atoms with Crippen molar-refractivity contribution in [2.45, 2.75) is 37.8 Å². The molecule has 2 nitrogen and oxygen atoms in total. The second-order valence-electron chi connectivity index (χ2n) is 12.6. The summed E-state index contributed by atoms with van der Waals surface area (Å²) in [5, 5.41) is 12.4. The third-order valence-electron chi connectivity index (χ3n) is 10.1. The minimum atomic E-state index is -2.81. The van der Waals surface area contributed by atoms with Crippen LogP contribution in [0.25, 0.3) is 59.8 Å². The van der Waals surface area contributed by atoms with E-state index in [1.54, 1.807) is 0 Å². The number of hydrogen-bond donors (Lipinski definition) is 0. The second kappa shape index (κ2) is 10.5. The molecule has 0 aliphatic heterocycles. The fraction of sp³-hybridized carbons (Fsp3) is 0.143. The Morgan fingerprint density at radius 2 is 1.42 bits per heavy atom. The Balaban J connectivity index is 1.33. The Morgan fingerprint density at radius 1 is 0.689 bits per heavy atom. The molecule has 3 aliphatic rings. The summed E-state index contributed by atoms with van der Waals surface area (Å²) in [6.45, 7) is 0. The normalized spacial score (nSPS) is 19.7. The molecule has 0 N–H and O–H groups in total. The molecule has 3 heteroatoms. The van der Waals surface area contributed by atoms with Gasteiger partial charge in [-0.3, -0.25) is 0 Å². The largest absolute Gasteiger partial charge is 0.313 e. The molecule has 3 aliphatic carbocycles. The van der Waals surface area contributed by atoms with Gasteiger partial charge < -0.3 is 9.13 Å². The van der Waals surface area contributed by atoms with Crippen molar-refractivity contribution in [3.8, 4) is 0 Å². The molecule has 0 bridgehead atoms. The van der Waals surface area contributed by atoms with Crippen LogP contribution in [0.1, 0.15) is 32.1 Å². The summed E-state index contributed by atoms with van der Waals surface area (Å²) in [4.78, 5) is 0. The van der Waals surface area contributed by atoms with Gasteiger partial charge in [0.15, 0.2) is 0 Å². The number of aromatic nitrogens is 1. The van der Waals surface area contributed by atoms with Crippen molar-refractivity contribution in [1.29, 1.82) is 0 Å². The summed E-state index contributed by atoms with van der Waals surface area (Å²) < 4.78 is 17.8. The van der Waals surface area contributed by atoms with Gasteiger partial charge in [-0.15, -0.1) is 0 Å². The lowest BCUT2D eigenvalue weighted by atomic mass is 9.96. The van der Waals surface area contributed by atoms with E-state index in [2.05, 4.69) is 144 Å². The molecule has 0 radical (unpaired) electrons. The minimum Gasteiger partial charge on any atom is -0.313 e. The summed E-state index contributed by atoms with van der Waals surface area (Å²) in [5.41, 5.74) is 3.77. The first-order chi connectivity index (χ1) is 22.2. The SMILES string of the molecule is O=P(C1=CCCC=C1)(C1=CC=C(n2c3cc4ccccc4cc3c3c4ccccc4c4ccccc4c32)CC1)C1C=CC=CC1. The first kappa shape index (κ1) is 26.7. The maximum Gasteiger partial charge on any atom is 0.145 e. The number of hydrogen-bond acceptors (Lipinski definition) is 1. The molecule has 0 fully saturated rings. The van der Waals surface area contributed by atoms with Crippen LogP contribution in [0.15, 0.2) is 150 Å². The molecule has 5 aromatic carbocycles. The Hall–Kier alpha value is -4.65. The quantitative estimate of drug-likeness (QED) is 0.146. The van der Waals surface area contributed by atoms with Gasteiger partial charge in [-0.2, -0.15) is 0 Å². The maximum absolute atomic E-state index is 15.3. The zero-order valence-corrected chi connectivity index (χ0v) is 26.1. The summed E-state index contributed by atoms with van der Waals surface area (Å²) in [7, 11) is -2.81. The smallest absolute Gasteiger partial charge is 0.145 e. The van der Waals surface area contributed by atoms with E-state index in [0.29, 0.717) is 0 Å². The van der Waals surface area contributed by atoms with Crippen LogP contribution in [0.4, 0.5) is 0 Å². The van der Waals surface area contributed by atoms with Crippen molar-refractivity contribution in [2.24, 2.45) is 0 Å². The molecule has 0 amide bonds. The first-order valence-electron chi connectivity index (χ1n) is 16.2. The zero-order valence-electron chi connectivity index (χ0n) is 25.2. The fourth-order valence-electron chi connectivity index (χ4n) is 7.99. The van der Waals surface area contributed by atoms with Gasteiger partial charge in [-0.25, -0.2) is 0 Å². The summed E-state index contributed by atoms with van der Waals surface area (Å²) in [6, 6.07) is 31.2. The summed E-state index contributed by atoms with van der Waals surface area (Å²) in [6.07, 6.45) is 24.0. The number of nitrogens with zero attached hydrogens (tertiary/aromatic N) is 1. The highest BCUT2D eigenvalue weighted by molar-refractivity contribution is 7.73. The van der Waals surface area contributed by atoms with Crippen LogP contribution in [0.5, 0.6) is 0 Å². The van der Waals surface area contributed by atoms with Crippen LogP contribution in [0.2, 0.25) is 0 Å². The standard InChI is InChI=1S/C42H34NOP/c44-45(32-15-3-1-4-16-32,33-17-5-2-6-18-33)34-25-23-31(24-26-34)43-40-28-30-14-8-7-13-29(30)27-39(40)41-37-21-11-9-19-35(37)36-20-10-12-22-38(36)42(41)43/h1,3-5,7-15,17-23,25,27-28,32H,2,6,16,24,26H2. The topological polar surface area (TPSA) is 22.0 Å². The predicted molar refractivity (Wildman–Crippen MR) is 194 cm³/mol. The highest BCUT2D eigenvalue weighted by Crippen LogP contribution is 2.69. The van der Waals surface area contributed by atoms with Crippen LogP contribution in [-0.4, -0.2) is 10.2 Å². The van der Waals surface area contributed by atoms with Crippen LogP contribution < -0.4 is 0 Å². The Labute approximate surface area is 263 Å². The van der Waals surface area contributed by atoms with E-state index in [1.165, 1.54) is 59.8 Å². The van der Waals surface area contributed by atoms with E-state index in [0.717, 1.165) is 42.7 Å². The number of rotatable bonds is 4. The third-order valence-corrected chi connectivity index (χ3v) is 13.7. The first-order valence-corrected chi connectivity index (χ1v) is 18.0. The van der Waals surface area contributed by atoms with Crippen LogP contribution in [-0.2, 0) is 4.57 Å². The molecule has 218 valence electrons. The molecular formula is C42H34NOP. The average Bonchev–Trinajstić information content (AvgIpc) is 3.45. The third kappa shape index (κ3) is 4.06. The van der Waals surface area contributed by atoms with Crippen molar-refractivity contribution >= 4 is 67.0 Å². The highest BCUT2D eigenvalue weighted by atomic mass is 31.2. The molecule has 1 aromatic heterocycles. The van der Waals surface area contributed by atoms with Gasteiger partial charge >= 0.3 is 0 Å². The van der Waals surface area contributed by atoms with Crippen molar-refractivity contribution in [3.05, 3.63) is 150 Å². The van der Waals surface area contributed by atoms with Gasteiger partial charge in [0.1, 0.15) is 7.14 Å². The zero-order chi connectivity index (χ0) is 30.0. The second-order valence-corrected chi connectivity index (χ2v) is 15.6. The van der Waals surface area contributed by atoms with Crippen LogP contribution in [0, 0.1) is 0 Å². The molecule has 0 saturated carbocycles. The van der Waals surface area contributed by atoms with Crippen molar-refractivity contribution in [1.82, 2.24) is 4.57 Å². The van der Waals surface area contributed by atoms with Gasteiger partial charge in [0.25, 0.3) is 0 Å². The molecule has 2 atom stereocenters. The van der Waals surface area contributed by atoms with E-state index >= 15 is 4.57 Å². The van der Waals surface area contributed by atoms with Gasteiger partial charge in [-0.05, 0) is 82.6 Å². The van der Waals surface area contributed by atoms with Gasteiger partial charge in [-0.1, -0.05) is 121 Å². The monoisotopic (exact) mass is 599 g/mol. The molecular weight excluding hydrogens is 565 g/mol. The number of benzene rings is 5. The molecule has 0 saturated heterocycles. The van der Waals surface area contributed by atoms with E-state index < -0.39 is 7.14 Å². The van der Waals surface area contributed by atoms with E-state index in [4.69, 9.17) is 0 Å². The Kier molecular flexibility index (Phi) is 6.22. The molecule has 45 heavy (non-hydrogen) atoms. The lowest BCUT2D eigenvalue weighted by Gasteiger charge is -2.32. The van der Waals surface area contributed by atoms with Crippen LogP contribution >= 0.6 is 7.14 Å². The van der Waals surface area contributed by atoms with E-state index in [-0.39, 0.29) is 5.66 Å². The molecule has 2 unspecified atom stereocenters. The number of allylic oxidation sites excluding steroid dienone is 12. The Morgan fingerprint density at radius 3 is 2.13 bits per heavy atom. The average molecular weight is 600 g/mol. The maximum atomic E-state index is 15.3. The minimum absolute atomic E-state index is 0.0209. The molecule has 9 rings (SSSR count). The molecule has 1 heterocycles. The lowest BCUT2D eigenvalue weighted by molar-refractivity contribution is 0.576. The fourth-order valence-corrected chi connectivity index (χ4v) is 11.4. The van der Waals surface area contributed by atoms with Gasteiger partial charge in [0, 0.05) is 32.8 Å². The van der Waals surface area contributed by atoms with E-state index in [1.807, 2.05) is 0 Å².